The fourth-order valence-electron chi connectivity index (χ4n) is 1.99. The van der Waals surface area contributed by atoms with E-state index in [4.69, 9.17) is 5.73 Å². The zero-order valence-electron chi connectivity index (χ0n) is 10.7. The summed E-state index contributed by atoms with van der Waals surface area (Å²) in [4.78, 5) is 24.7. The van der Waals surface area contributed by atoms with Crippen molar-refractivity contribution in [1.29, 1.82) is 0 Å². The maximum absolute atomic E-state index is 11.7. The van der Waals surface area contributed by atoms with Crippen molar-refractivity contribution < 1.29 is 9.59 Å². The van der Waals surface area contributed by atoms with E-state index in [1.807, 2.05) is 0 Å². The van der Waals surface area contributed by atoms with Crippen LogP contribution in [-0.2, 0) is 4.79 Å². The van der Waals surface area contributed by atoms with Gasteiger partial charge < -0.3 is 21.3 Å². The number of carbonyl (C=O) groups excluding carboxylic acids is 2. The molecule has 0 atom stereocenters. The molecule has 1 aromatic carbocycles. The fraction of sp³-hybridized carbons (Fsp3) is 0.385. The highest BCUT2D eigenvalue weighted by atomic mass is 16.2. The second kappa shape index (κ2) is 6.08. The lowest BCUT2D eigenvalue weighted by Crippen LogP contribution is -2.29. The van der Waals surface area contributed by atoms with Crippen molar-refractivity contribution in [3.63, 3.8) is 0 Å². The molecule has 6 heteroatoms. The van der Waals surface area contributed by atoms with E-state index < -0.39 is 0 Å². The number of amides is 3. The summed E-state index contributed by atoms with van der Waals surface area (Å²) in [5, 5.41) is 5.51. The Hall–Kier alpha value is -2.24. The molecule has 0 radical (unpaired) electrons. The summed E-state index contributed by atoms with van der Waals surface area (Å²) in [5.74, 6) is -0.0646. The van der Waals surface area contributed by atoms with Crippen molar-refractivity contribution in [2.75, 3.05) is 30.7 Å². The number of hydrogen-bond donors (Lipinski definition) is 3. The molecule has 4 N–H and O–H groups in total. The number of nitrogens with two attached hydrogens (primary N) is 1. The standard InChI is InChI=1S/C13H18N4O2/c14-10-3-1-4-11(9-10)16-12(18)5-2-7-17-8-6-15-13(17)19/h1,3-4,9H,2,5-8,14H2,(H,15,19)(H,16,18). The van der Waals surface area contributed by atoms with Crippen LogP contribution < -0.4 is 16.4 Å². The lowest BCUT2D eigenvalue weighted by atomic mass is 10.2. The van der Waals surface area contributed by atoms with Gasteiger partial charge in [-0.05, 0) is 24.6 Å². The van der Waals surface area contributed by atoms with Gasteiger partial charge in [0.05, 0.1) is 0 Å². The Bertz CT molecular complexity index is 475. The Morgan fingerprint density at radius 2 is 2.32 bits per heavy atom. The van der Waals surface area contributed by atoms with Gasteiger partial charge in [-0.3, -0.25) is 4.79 Å². The molecule has 1 aromatic rings. The molecule has 0 saturated carbocycles. The predicted octanol–water partition coefficient (Wildman–Crippen LogP) is 1.01. The number of carbonyl (C=O) groups is 2. The van der Waals surface area contributed by atoms with Gasteiger partial charge in [0.15, 0.2) is 0 Å². The minimum Gasteiger partial charge on any atom is -0.399 e. The monoisotopic (exact) mass is 262 g/mol. The first-order valence-electron chi connectivity index (χ1n) is 6.33. The molecule has 0 aliphatic carbocycles. The van der Waals surface area contributed by atoms with E-state index >= 15 is 0 Å². The smallest absolute Gasteiger partial charge is 0.317 e. The van der Waals surface area contributed by atoms with Gasteiger partial charge in [0.25, 0.3) is 0 Å². The van der Waals surface area contributed by atoms with E-state index in [0.717, 1.165) is 6.54 Å². The first kappa shape index (κ1) is 13.2. The summed E-state index contributed by atoms with van der Waals surface area (Å²) < 4.78 is 0. The number of nitrogens with one attached hydrogen (secondary N) is 2. The average molecular weight is 262 g/mol. The molecule has 1 fully saturated rings. The minimum absolute atomic E-state index is 0.0451. The number of nitrogen functional groups attached to an aromatic ring is 1. The van der Waals surface area contributed by atoms with Crippen LogP contribution >= 0.6 is 0 Å². The van der Waals surface area contributed by atoms with Crippen LogP contribution in [-0.4, -0.2) is 36.5 Å². The number of urea groups is 1. The van der Waals surface area contributed by atoms with Crippen LogP contribution in [0.25, 0.3) is 0 Å². The van der Waals surface area contributed by atoms with E-state index in [1.165, 1.54) is 0 Å². The van der Waals surface area contributed by atoms with Gasteiger partial charge in [0.2, 0.25) is 5.91 Å². The highest BCUT2D eigenvalue weighted by Gasteiger charge is 2.18. The fourth-order valence-corrected chi connectivity index (χ4v) is 1.99. The molecular weight excluding hydrogens is 244 g/mol. The summed E-state index contributed by atoms with van der Waals surface area (Å²) in [6.07, 6.45) is 1.04. The van der Waals surface area contributed by atoms with Crippen LogP contribution in [0.4, 0.5) is 16.2 Å². The third-order valence-corrected chi connectivity index (χ3v) is 2.95. The molecule has 0 bridgehead atoms. The van der Waals surface area contributed by atoms with Gasteiger partial charge in [0.1, 0.15) is 0 Å². The molecule has 6 nitrogen and oxygen atoms in total. The quantitative estimate of drug-likeness (QED) is 0.692. The van der Waals surface area contributed by atoms with Crippen molar-refractivity contribution in [2.45, 2.75) is 12.8 Å². The van der Waals surface area contributed by atoms with Gasteiger partial charge in [-0.1, -0.05) is 6.07 Å². The predicted molar refractivity (Wildman–Crippen MR) is 73.7 cm³/mol. The highest BCUT2D eigenvalue weighted by molar-refractivity contribution is 5.91. The SMILES string of the molecule is Nc1cccc(NC(=O)CCCN2CCNC2=O)c1. The van der Waals surface area contributed by atoms with Crippen molar-refractivity contribution >= 4 is 23.3 Å². The zero-order chi connectivity index (χ0) is 13.7. The number of rotatable bonds is 5. The van der Waals surface area contributed by atoms with E-state index in [0.29, 0.717) is 37.3 Å². The number of hydrogen-bond acceptors (Lipinski definition) is 3. The molecule has 0 aromatic heterocycles. The summed E-state index contributed by atoms with van der Waals surface area (Å²) >= 11 is 0. The molecule has 0 spiro atoms. The molecule has 1 saturated heterocycles. The molecule has 1 heterocycles. The Morgan fingerprint density at radius 1 is 1.47 bits per heavy atom. The van der Waals surface area contributed by atoms with Crippen molar-refractivity contribution in [1.82, 2.24) is 10.2 Å². The number of nitrogens with zero attached hydrogens (tertiary/aromatic N) is 1. The lowest BCUT2D eigenvalue weighted by Gasteiger charge is -2.13. The second-order valence-corrected chi connectivity index (χ2v) is 4.50. The summed E-state index contributed by atoms with van der Waals surface area (Å²) in [7, 11) is 0. The van der Waals surface area contributed by atoms with Gasteiger partial charge in [0, 0.05) is 37.4 Å². The van der Waals surface area contributed by atoms with Crippen LogP contribution in [0.3, 0.4) is 0 Å². The van der Waals surface area contributed by atoms with Crippen LogP contribution in [0.1, 0.15) is 12.8 Å². The average Bonchev–Trinajstić information content (AvgIpc) is 2.75. The van der Waals surface area contributed by atoms with Gasteiger partial charge in [-0.2, -0.15) is 0 Å². The Kier molecular flexibility index (Phi) is 4.22. The Balaban J connectivity index is 1.71. The maximum Gasteiger partial charge on any atom is 0.317 e. The summed E-state index contributed by atoms with van der Waals surface area (Å²) in [5.41, 5.74) is 6.95. The largest absolute Gasteiger partial charge is 0.399 e. The Morgan fingerprint density at radius 3 is 3.00 bits per heavy atom. The first-order valence-corrected chi connectivity index (χ1v) is 6.33. The van der Waals surface area contributed by atoms with Crippen LogP contribution in [0.15, 0.2) is 24.3 Å². The Labute approximate surface area is 112 Å². The topological polar surface area (TPSA) is 87.5 Å². The summed E-state index contributed by atoms with van der Waals surface area (Å²) in [6, 6.07) is 7.02. The molecule has 3 amide bonds. The van der Waals surface area contributed by atoms with E-state index in [1.54, 1.807) is 29.2 Å². The first-order chi connectivity index (χ1) is 9.15. The zero-order valence-corrected chi connectivity index (χ0v) is 10.7. The minimum atomic E-state index is -0.0646. The molecule has 1 aliphatic rings. The molecule has 102 valence electrons. The van der Waals surface area contributed by atoms with Gasteiger partial charge in [-0.15, -0.1) is 0 Å². The third-order valence-electron chi connectivity index (χ3n) is 2.95. The molecule has 19 heavy (non-hydrogen) atoms. The van der Waals surface area contributed by atoms with Crippen LogP contribution in [0.5, 0.6) is 0 Å². The van der Waals surface area contributed by atoms with Gasteiger partial charge in [-0.25, -0.2) is 4.79 Å². The van der Waals surface area contributed by atoms with Crippen LogP contribution in [0, 0.1) is 0 Å². The molecular formula is C13H18N4O2. The van der Waals surface area contributed by atoms with Crippen molar-refractivity contribution in [2.24, 2.45) is 0 Å². The highest BCUT2D eigenvalue weighted by Crippen LogP contribution is 2.12. The van der Waals surface area contributed by atoms with E-state index in [2.05, 4.69) is 10.6 Å². The third kappa shape index (κ3) is 3.87. The molecule has 2 rings (SSSR count). The lowest BCUT2D eigenvalue weighted by molar-refractivity contribution is -0.116. The van der Waals surface area contributed by atoms with E-state index in [9.17, 15) is 9.59 Å². The van der Waals surface area contributed by atoms with Gasteiger partial charge >= 0.3 is 6.03 Å². The molecule has 0 unspecified atom stereocenters. The summed E-state index contributed by atoms with van der Waals surface area (Å²) in [6.45, 7) is 2.01. The number of anilines is 2. The maximum atomic E-state index is 11.7. The number of benzene rings is 1. The molecule has 1 aliphatic heterocycles. The van der Waals surface area contributed by atoms with E-state index in [-0.39, 0.29) is 11.9 Å². The van der Waals surface area contributed by atoms with Crippen molar-refractivity contribution in [3.8, 4) is 0 Å². The van der Waals surface area contributed by atoms with Crippen molar-refractivity contribution in [3.05, 3.63) is 24.3 Å². The second-order valence-electron chi connectivity index (χ2n) is 4.50. The van der Waals surface area contributed by atoms with Crippen LogP contribution in [0.2, 0.25) is 0 Å². The normalized spacial score (nSPS) is 14.3.